The van der Waals surface area contributed by atoms with Gasteiger partial charge in [-0.25, -0.2) is 9.97 Å². The van der Waals surface area contributed by atoms with Crippen LogP contribution in [0, 0.1) is 0 Å². The number of aromatic nitrogens is 2. The summed E-state index contributed by atoms with van der Waals surface area (Å²) in [6.07, 6.45) is 1.60. The molecule has 1 N–H and O–H groups in total. The molecule has 2 heterocycles. The van der Waals surface area contributed by atoms with Crippen LogP contribution in [-0.4, -0.2) is 22.4 Å². The third kappa shape index (κ3) is 4.91. The van der Waals surface area contributed by atoms with Gasteiger partial charge in [-0.2, -0.15) is 13.2 Å². The fraction of sp³-hybridized carbons (Fsp3) is 0.353. The number of alkyl halides is 3. The van der Waals surface area contributed by atoms with Crippen LogP contribution in [0.15, 0.2) is 35.0 Å². The van der Waals surface area contributed by atoms with Crippen LogP contribution < -0.4 is 5.32 Å². The molecule has 0 aromatic carbocycles. The Morgan fingerprint density at radius 2 is 2.16 bits per heavy atom. The number of hydrogen-bond donors (Lipinski definition) is 1. The number of rotatable bonds is 6. The van der Waals surface area contributed by atoms with Gasteiger partial charge in [0.2, 0.25) is 5.91 Å². The molecule has 0 spiro atoms. The summed E-state index contributed by atoms with van der Waals surface area (Å²) < 4.78 is 43.9. The highest BCUT2D eigenvalue weighted by atomic mass is 19.4. The van der Waals surface area contributed by atoms with E-state index in [0.29, 0.717) is 11.5 Å². The van der Waals surface area contributed by atoms with E-state index in [1.807, 2.05) is 0 Å². The molecule has 0 aliphatic heterocycles. The molecule has 1 aliphatic carbocycles. The first-order chi connectivity index (χ1) is 11.9. The zero-order chi connectivity index (χ0) is 17.9. The number of furan rings is 1. The zero-order valence-electron chi connectivity index (χ0n) is 13.2. The van der Waals surface area contributed by atoms with Crippen molar-refractivity contribution in [2.24, 2.45) is 0 Å². The molecule has 1 fully saturated rings. The van der Waals surface area contributed by atoms with Crippen molar-refractivity contribution in [2.75, 3.05) is 6.54 Å². The van der Waals surface area contributed by atoms with E-state index in [2.05, 4.69) is 15.3 Å². The van der Waals surface area contributed by atoms with Crippen LogP contribution in [0.4, 0.5) is 13.2 Å². The molecular formula is C17H16F3N3O2. The Morgan fingerprint density at radius 1 is 1.36 bits per heavy atom. The standard InChI is InChI=1S/C17H16F3N3O2/c18-17(19,20)14-10-13(11-3-4-11)22-15(23-14)7-8-21-16(24)6-5-12-2-1-9-25-12/h1-2,5-6,9-11H,3-4,7-8H2,(H,21,24)/b6-5+. The molecule has 8 heteroatoms. The fourth-order valence-electron chi connectivity index (χ4n) is 2.26. The van der Waals surface area contributed by atoms with Gasteiger partial charge >= 0.3 is 6.18 Å². The average molecular weight is 351 g/mol. The van der Waals surface area contributed by atoms with Gasteiger partial charge in [-0.3, -0.25) is 4.79 Å². The quantitative estimate of drug-likeness (QED) is 0.811. The van der Waals surface area contributed by atoms with E-state index in [9.17, 15) is 18.0 Å². The summed E-state index contributed by atoms with van der Waals surface area (Å²) in [7, 11) is 0. The number of amides is 1. The number of nitrogens with zero attached hydrogens (tertiary/aromatic N) is 2. The van der Waals surface area contributed by atoms with Gasteiger partial charge in [-0.05, 0) is 37.1 Å². The Labute approximate surface area is 142 Å². The van der Waals surface area contributed by atoms with Gasteiger partial charge in [0, 0.05) is 30.7 Å². The Morgan fingerprint density at radius 3 is 2.80 bits per heavy atom. The average Bonchev–Trinajstić information content (AvgIpc) is 3.28. The fourth-order valence-corrected chi connectivity index (χ4v) is 2.26. The van der Waals surface area contributed by atoms with Gasteiger partial charge in [-0.15, -0.1) is 0 Å². The van der Waals surface area contributed by atoms with Crippen LogP contribution in [0.3, 0.4) is 0 Å². The van der Waals surface area contributed by atoms with Crippen molar-refractivity contribution in [3.8, 4) is 0 Å². The highest BCUT2D eigenvalue weighted by Gasteiger charge is 2.35. The van der Waals surface area contributed by atoms with Gasteiger partial charge in [-0.1, -0.05) is 0 Å². The van der Waals surface area contributed by atoms with Gasteiger partial charge in [0.05, 0.1) is 6.26 Å². The van der Waals surface area contributed by atoms with Crippen LogP contribution in [0.25, 0.3) is 6.08 Å². The second kappa shape index (κ2) is 7.08. The van der Waals surface area contributed by atoms with Crippen LogP contribution >= 0.6 is 0 Å². The molecule has 0 atom stereocenters. The monoisotopic (exact) mass is 351 g/mol. The van der Waals surface area contributed by atoms with E-state index in [-0.39, 0.29) is 30.6 Å². The van der Waals surface area contributed by atoms with Crippen LogP contribution in [0.5, 0.6) is 0 Å². The predicted molar refractivity (Wildman–Crippen MR) is 83.5 cm³/mol. The summed E-state index contributed by atoms with van der Waals surface area (Å²) in [4.78, 5) is 19.5. The molecule has 132 valence electrons. The van der Waals surface area contributed by atoms with Crippen molar-refractivity contribution < 1.29 is 22.4 Å². The lowest BCUT2D eigenvalue weighted by Gasteiger charge is -2.10. The molecular weight excluding hydrogens is 335 g/mol. The zero-order valence-corrected chi connectivity index (χ0v) is 13.2. The van der Waals surface area contributed by atoms with E-state index in [4.69, 9.17) is 4.42 Å². The van der Waals surface area contributed by atoms with Crippen molar-refractivity contribution in [2.45, 2.75) is 31.4 Å². The second-order valence-electron chi connectivity index (χ2n) is 5.76. The minimum absolute atomic E-state index is 0.0899. The first kappa shape index (κ1) is 17.2. The van der Waals surface area contributed by atoms with Crippen molar-refractivity contribution in [3.63, 3.8) is 0 Å². The van der Waals surface area contributed by atoms with Gasteiger partial charge < -0.3 is 9.73 Å². The summed E-state index contributed by atoms with van der Waals surface area (Å²) in [5.41, 5.74) is -0.496. The van der Waals surface area contributed by atoms with Gasteiger partial charge in [0.1, 0.15) is 17.3 Å². The Balaban J connectivity index is 1.59. The molecule has 0 unspecified atom stereocenters. The number of carbonyl (C=O) groups is 1. The van der Waals surface area contributed by atoms with Crippen molar-refractivity contribution in [1.29, 1.82) is 0 Å². The van der Waals surface area contributed by atoms with Crippen LogP contribution in [0.1, 0.15) is 41.7 Å². The Kier molecular flexibility index (Phi) is 4.87. The van der Waals surface area contributed by atoms with Crippen molar-refractivity contribution in [3.05, 3.63) is 53.5 Å². The number of halogens is 3. The van der Waals surface area contributed by atoms with E-state index < -0.39 is 11.9 Å². The van der Waals surface area contributed by atoms with Gasteiger partial charge in [0.25, 0.3) is 0 Å². The molecule has 3 rings (SSSR count). The Bertz CT molecular complexity index is 766. The smallest absolute Gasteiger partial charge is 0.433 e. The summed E-state index contributed by atoms with van der Waals surface area (Å²) in [6.45, 7) is 0.146. The number of nitrogens with one attached hydrogen (secondary N) is 1. The summed E-state index contributed by atoms with van der Waals surface area (Å²) in [6, 6.07) is 4.41. The largest absolute Gasteiger partial charge is 0.465 e. The molecule has 2 aromatic rings. The SMILES string of the molecule is O=C(/C=C/c1ccco1)NCCc1nc(C2CC2)cc(C(F)(F)F)n1. The molecule has 1 amide bonds. The van der Waals surface area contributed by atoms with E-state index in [1.54, 1.807) is 12.1 Å². The first-order valence-corrected chi connectivity index (χ1v) is 7.86. The Hall–Kier alpha value is -2.64. The third-order valence-electron chi connectivity index (χ3n) is 3.67. The van der Waals surface area contributed by atoms with Crippen molar-refractivity contribution in [1.82, 2.24) is 15.3 Å². The molecule has 0 bridgehead atoms. The lowest BCUT2D eigenvalue weighted by atomic mass is 10.2. The molecule has 1 aliphatic rings. The topological polar surface area (TPSA) is 68.0 Å². The maximum atomic E-state index is 12.9. The van der Waals surface area contributed by atoms with Crippen molar-refractivity contribution >= 4 is 12.0 Å². The molecule has 0 saturated heterocycles. The van der Waals surface area contributed by atoms with Gasteiger partial charge in [0.15, 0.2) is 0 Å². The normalized spacial score (nSPS) is 14.8. The van der Waals surface area contributed by atoms with Crippen LogP contribution in [-0.2, 0) is 17.4 Å². The van der Waals surface area contributed by atoms with E-state index in [0.717, 1.165) is 18.9 Å². The predicted octanol–water partition coefficient (Wildman–Crippen LogP) is 3.34. The number of hydrogen-bond acceptors (Lipinski definition) is 4. The highest BCUT2D eigenvalue weighted by Crippen LogP contribution is 2.40. The minimum atomic E-state index is -4.50. The maximum Gasteiger partial charge on any atom is 0.433 e. The summed E-state index contributed by atoms with van der Waals surface area (Å²) in [5.74, 6) is 0.344. The minimum Gasteiger partial charge on any atom is -0.465 e. The molecule has 0 radical (unpaired) electrons. The lowest BCUT2D eigenvalue weighted by Crippen LogP contribution is -2.24. The van der Waals surface area contributed by atoms with Crippen LogP contribution in [0.2, 0.25) is 0 Å². The number of carbonyl (C=O) groups excluding carboxylic acids is 1. The molecule has 25 heavy (non-hydrogen) atoms. The third-order valence-corrected chi connectivity index (χ3v) is 3.67. The highest BCUT2D eigenvalue weighted by molar-refractivity contribution is 5.91. The van der Waals surface area contributed by atoms with E-state index >= 15 is 0 Å². The molecule has 5 nitrogen and oxygen atoms in total. The molecule has 2 aromatic heterocycles. The first-order valence-electron chi connectivity index (χ1n) is 7.86. The van der Waals surface area contributed by atoms with E-state index in [1.165, 1.54) is 18.4 Å². The summed E-state index contributed by atoms with van der Waals surface area (Å²) >= 11 is 0. The molecule has 1 saturated carbocycles. The lowest BCUT2D eigenvalue weighted by molar-refractivity contribution is -0.141. The summed E-state index contributed by atoms with van der Waals surface area (Å²) in [5, 5.41) is 2.59. The second-order valence-corrected chi connectivity index (χ2v) is 5.76. The maximum absolute atomic E-state index is 12.9.